The van der Waals surface area contributed by atoms with Crippen LogP contribution >= 0.6 is 0 Å². The van der Waals surface area contributed by atoms with Crippen molar-refractivity contribution < 1.29 is 19.8 Å². The summed E-state index contributed by atoms with van der Waals surface area (Å²) in [6.45, 7) is 2.32. The van der Waals surface area contributed by atoms with E-state index >= 15 is 0 Å². The van der Waals surface area contributed by atoms with Gasteiger partial charge in [0.15, 0.2) is 0 Å². The van der Waals surface area contributed by atoms with Crippen LogP contribution in [0.25, 0.3) is 0 Å². The van der Waals surface area contributed by atoms with Crippen LogP contribution in [0.1, 0.15) is 18.9 Å². The number of carbonyl (C=O) groups is 2. The molecule has 0 spiro atoms. The maximum atomic E-state index is 10.8. The number of nitrogens with zero attached hydrogens (tertiary/aromatic N) is 3. The number of hydrogen-bond donors (Lipinski definition) is 2. The molecule has 2 N–H and O–H groups in total. The second kappa shape index (κ2) is 8.05. The normalized spacial score (nSPS) is 18.7. The first-order valence-corrected chi connectivity index (χ1v) is 7.62. The van der Waals surface area contributed by atoms with Crippen molar-refractivity contribution in [3.05, 3.63) is 72.4 Å². The van der Waals surface area contributed by atoms with Gasteiger partial charge in [0, 0.05) is 30.4 Å². The van der Waals surface area contributed by atoms with Crippen LogP contribution < -0.4 is 0 Å². The summed E-state index contributed by atoms with van der Waals surface area (Å²) in [7, 11) is 0. The molecule has 0 saturated heterocycles. The van der Waals surface area contributed by atoms with Crippen LogP contribution in [0.2, 0.25) is 0 Å². The highest BCUT2D eigenvalue weighted by Gasteiger charge is 2.34. The van der Waals surface area contributed by atoms with E-state index in [9.17, 15) is 9.59 Å². The summed E-state index contributed by atoms with van der Waals surface area (Å²) in [5.74, 6) is -2.06. The molecular weight excluding hydrogens is 322 g/mol. The fourth-order valence-corrected chi connectivity index (χ4v) is 2.25. The number of hydrogen-bond acceptors (Lipinski definition) is 4. The highest BCUT2D eigenvalue weighted by atomic mass is 16.4. The molecule has 0 fully saturated rings. The van der Waals surface area contributed by atoms with Crippen molar-refractivity contribution in [2.45, 2.75) is 19.9 Å². The lowest BCUT2D eigenvalue weighted by Crippen LogP contribution is -2.28. The smallest absolute Gasteiger partial charge is 0.331 e. The predicted molar refractivity (Wildman–Crippen MR) is 90.8 cm³/mol. The van der Waals surface area contributed by atoms with E-state index in [2.05, 4.69) is 10.1 Å². The van der Waals surface area contributed by atoms with Crippen molar-refractivity contribution in [2.24, 2.45) is 5.41 Å². The number of allylic oxidation sites excluding steroid dienone is 2. The molecule has 3 rings (SSSR count). The molecule has 7 nitrogen and oxygen atoms in total. The van der Waals surface area contributed by atoms with E-state index in [0.29, 0.717) is 0 Å². The van der Waals surface area contributed by atoms with E-state index in [1.165, 1.54) is 30.7 Å². The third-order valence-electron chi connectivity index (χ3n) is 3.74. The zero-order chi connectivity index (χ0) is 18.3. The van der Waals surface area contributed by atoms with Crippen LogP contribution in [0.4, 0.5) is 0 Å². The molecule has 25 heavy (non-hydrogen) atoms. The molecule has 0 radical (unpaired) electrons. The van der Waals surface area contributed by atoms with Gasteiger partial charge in [-0.3, -0.25) is 14.5 Å². The number of rotatable bonds is 4. The molecule has 0 bridgehead atoms. The molecule has 130 valence electrons. The molecule has 1 aliphatic rings. The van der Waals surface area contributed by atoms with Gasteiger partial charge in [0.05, 0.1) is 12.0 Å². The molecule has 1 aliphatic carbocycles. The summed E-state index contributed by atoms with van der Waals surface area (Å²) in [6.07, 6.45) is 11.7. The van der Waals surface area contributed by atoms with Crippen LogP contribution in [0.3, 0.4) is 0 Å². The number of aromatic nitrogens is 3. The fourth-order valence-electron chi connectivity index (χ4n) is 2.25. The van der Waals surface area contributed by atoms with Gasteiger partial charge in [-0.05, 0) is 37.1 Å². The highest BCUT2D eigenvalue weighted by molar-refractivity contribution is 5.90. The fraction of sp³-hybridized carbons (Fsp3) is 0.222. The molecule has 1 unspecified atom stereocenters. The molecule has 2 heterocycles. The third-order valence-corrected chi connectivity index (χ3v) is 3.74. The summed E-state index contributed by atoms with van der Waals surface area (Å²) in [5.41, 5.74) is 0.267. The highest BCUT2D eigenvalue weighted by Crippen LogP contribution is 2.31. The second-order valence-electron chi connectivity index (χ2n) is 5.81. The molecule has 0 aromatic carbocycles. The molecule has 1 atom stereocenters. The van der Waals surface area contributed by atoms with Crippen LogP contribution in [-0.4, -0.2) is 36.9 Å². The van der Waals surface area contributed by atoms with E-state index in [1.807, 2.05) is 29.1 Å². The van der Waals surface area contributed by atoms with Gasteiger partial charge in [-0.15, -0.1) is 0 Å². The Hall–Kier alpha value is -3.22. The van der Waals surface area contributed by atoms with Gasteiger partial charge in [0.25, 0.3) is 0 Å². The van der Waals surface area contributed by atoms with Gasteiger partial charge < -0.3 is 10.2 Å². The first-order valence-electron chi connectivity index (χ1n) is 7.62. The Kier molecular flexibility index (Phi) is 5.84. The standard InChI is InChI=1S/C9H9N3.C9H10O4/c1-4-11-12(7-1)8-9-2-5-10-6-3-9;1-9(8(12)13)4-2-3-6(5-9)7(10)11/h1-7H,8H2;2-4H,5H2,1H3,(H,10,11)(H,12,13). The first kappa shape index (κ1) is 18.1. The van der Waals surface area contributed by atoms with Crippen LogP contribution in [0, 0.1) is 5.41 Å². The number of pyridine rings is 1. The SMILES string of the molecule is CC1(C(=O)O)C=CC=C(C(=O)O)C1.c1cnn(Cc2ccncc2)c1. The maximum absolute atomic E-state index is 10.8. The maximum Gasteiger partial charge on any atom is 0.331 e. The number of aliphatic carboxylic acids is 2. The Bertz CT molecular complexity index is 782. The average molecular weight is 341 g/mol. The van der Waals surface area contributed by atoms with Crippen molar-refractivity contribution in [1.82, 2.24) is 14.8 Å². The lowest BCUT2D eigenvalue weighted by molar-refractivity contribution is -0.145. The van der Waals surface area contributed by atoms with Crippen LogP contribution in [-0.2, 0) is 16.1 Å². The van der Waals surface area contributed by atoms with Crippen LogP contribution in [0.15, 0.2) is 66.8 Å². The van der Waals surface area contributed by atoms with Crippen molar-refractivity contribution >= 4 is 11.9 Å². The van der Waals surface area contributed by atoms with Crippen molar-refractivity contribution in [1.29, 1.82) is 0 Å². The minimum Gasteiger partial charge on any atom is -0.481 e. The van der Waals surface area contributed by atoms with Gasteiger partial charge in [-0.25, -0.2) is 4.79 Å². The summed E-state index contributed by atoms with van der Waals surface area (Å²) >= 11 is 0. The topological polar surface area (TPSA) is 105 Å². The Morgan fingerprint density at radius 1 is 1.24 bits per heavy atom. The van der Waals surface area contributed by atoms with Crippen molar-refractivity contribution in [2.75, 3.05) is 0 Å². The van der Waals surface area contributed by atoms with E-state index < -0.39 is 17.4 Å². The van der Waals surface area contributed by atoms with E-state index in [4.69, 9.17) is 10.2 Å². The van der Waals surface area contributed by atoms with Gasteiger partial charge >= 0.3 is 11.9 Å². The Morgan fingerprint density at radius 3 is 2.52 bits per heavy atom. The second-order valence-corrected chi connectivity index (χ2v) is 5.81. The first-order chi connectivity index (χ1) is 11.9. The lowest BCUT2D eigenvalue weighted by Gasteiger charge is -2.23. The minimum absolute atomic E-state index is 0.0359. The summed E-state index contributed by atoms with van der Waals surface area (Å²) in [4.78, 5) is 25.3. The molecule has 2 aromatic rings. The largest absolute Gasteiger partial charge is 0.481 e. The van der Waals surface area contributed by atoms with Gasteiger partial charge in [-0.1, -0.05) is 18.2 Å². The number of carboxylic acid groups (broad SMARTS) is 2. The van der Waals surface area contributed by atoms with Crippen molar-refractivity contribution in [3.63, 3.8) is 0 Å². The summed E-state index contributed by atoms with van der Waals surface area (Å²) in [5, 5.41) is 21.6. The molecule has 0 aliphatic heterocycles. The van der Waals surface area contributed by atoms with E-state index in [1.54, 1.807) is 18.6 Å². The Morgan fingerprint density at radius 2 is 1.96 bits per heavy atom. The Labute approximate surface area is 144 Å². The Balaban J connectivity index is 0.000000181. The molecule has 7 heteroatoms. The average Bonchev–Trinajstić information content (AvgIpc) is 3.09. The van der Waals surface area contributed by atoms with E-state index in [-0.39, 0.29) is 12.0 Å². The monoisotopic (exact) mass is 341 g/mol. The van der Waals surface area contributed by atoms with Gasteiger partial charge in [0.1, 0.15) is 0 Å². The van der Waals surface area contributed by atoms with Crippen LogP contribution in [0.5, 0.6) is 0 Å². The summed E-state index contributed by atoms with van der Waals surface area (Å²) in [6, 6.07) is 5.89. The molecule has 0 saturated carbocycles. The quantitative estimate of drug-likeness (QED) is 0.884. The number of carboxylic acids is 2. The van der Waals surface area contributed by atoms with Crippen molar-refractivity contribution in [3.8, 4) is 0 Å². The minimum atomic E-state index is -1.08. The molecular formula is C18H19N3O4. The molecule has 0 amide bonds. The molecule has 2 aromatic heterocycles. The summed E-state index contributed by atoms with van der Waals surface area (Å²) < 4.78 is 1.88. The van der Waals surface area contributed by atoms with Gasteiger partial charge in [-0.2, -0.15) is 5.10 Å². The predicted octanol–water partition coefficient (Wildman–Crippen LogP) is 2.37. The zero-order valence-corrected chi connectivity index (χ0v) is 13.7. The lowest BCUT2D eigenvalue weighted by atomic mass is 9.80. The third kappa shape index (κ3) is 5.13. The van der Waals surface area contributed by atoms with E-state index in [0.717, 1.165) is 6.54 Å². The van der Waals surface area contributed by atoms with Gasteiger partial charge in [0.2, 0.25) is 0 Å². The zero-order valence-electron chi connectivity index (χ0n) is 13.7.